The van der Waals surface area contributed by atoms with Gasteiger partial charge in [-0.25, -0.2) is 0 Å². The Morgan fingerprint density at radius 3 is 2.94 bits per heavy atom. The van der Waals surface area contributed by atoms with Crippen LogP contribution in [0.5, 0.6) is 0 Å². The average molecular weight is 235 g/mol. The van der Waals surface area contributed by atoms with Crippen LogP contribution in [0.1, 0.15) is 25.1 Å². The third kappa shape index (κ3) is 4.15. The molecule has 4 nitrogen and oxygen atoms in total. The van der Waals surface area contributed by atoms with Crippen molar-refractivity contribution >= 4 is 5.91 Å². The number of carbonyl (C=O) groups is 1. The van der Waals surface area contributed by atoms with Crippen LogP contribution < -0.4 is 10.6 Å². The van der Waals surface area contributed by atoms with Crippen molar-refractivity contribution in [3.63, 3.8) is 0 Å². The smallest absolute Gasteiger partial charge is 0.224 e. The number of aryl methyl sites for hydroxylation is 1. The van der Waals surface area contributed by atoms with Crippen molar-refractivity contribution in [1.82, 2.24) is 15.6 Å². The topological polar surface area (TPSA) is 54.0 Å². The fraction of sp³-hybridized carbons (Fsp3) is 0.538. The van der Waals surface area contributed by atoms with E-state index in [1.807, 2.05) is 26.1 Å². The number of carbonyl (C=O) groups excluding carboxylic acids is 1. The number of rotatable bonds is 6. The van der Waals surface area contributed by atoms with E-state index in [0.29, 0.717) is 13.1 Å². The lowest BCUT2D eigenvalue weighted by molar-refractivity contribution is -0.124. The summed E-state index contributed by atoms with van der Waals surface area (Å²) in [5, 5.41) is 5.91. The van der Waals surface area contributed by atoms with Crippen LogP contribution in [-0.2, 0) is 17.8 Å². The molecule has 0 aromatic carbocycles. The summed E-state index contributed by atoms with van der Waals surface area (Å²) in [5.41, 5.74) is 2.15. The first-order valence-corrected chi connectivity index (χ1v) is 6.04. The number of aromatic nitrogens is 1. The predicted octanol–water partition coefficient (Wildman–Crippen LogP) is 1.12. The van der Waals surface area contributed by atoms with Crippen LogP contribution in [0.3, 0.4) is 0 Å². The summed E-state index contributed by atoms with van der Waals surface area (Å²) in [5.74, 6) is 0.0424. The molecule has 2 N–H and O–H groups in total. The number of amides is 1. The molecule has 17 heavy (non-hydrogen) atoms. The van der Waals surface area contributed by atoms with Gasteiger partial charge in [-0.05, 0) is 25.1 Å². The summed E-state index contributed by atoms with van der Waals surface area (Å²) < 4.78 is 0. The molecule has 1 atom stereocenters. The highest BCUT2D eigenvalue weighted by Crippen LogP contribution is 2.06. The third-order valence-electron chi connectivity index (χ3n) is 2.75. The van der Waals surface area contributed by atoms with Crippen molar-refractivity contribution in [2.45, 2.75) is 26.8 Å². The highest BCUT2D eigenvalue weighted by molar-refractivity contribution is 5.78. The van der Waals surface area contributed by atoms with E-state index in [4.69, 9.17) is 0 Å². The molecule has 0 fully saturated rings. The third-order valence-corrected chi connectivity index (χ3v) is 2.75. The normalized spacial score (nSPS) is 12.2. The second kappa shape index (κ2) is 7.01. The molecule has 1 aromatic rings. The van der Waals surface area contributed by atoms with Crippen LogP contribution in [0.25, 0.3) is 0 Å². The van der Waals surface area contributed by atoms with E-state index in [9.17, 15) is 4.79 Å². The quantitative estimate of drug-likeness (QED) is 0.777. The Kier molecular flexibility index (Phi) is 5.63. The minimum absolute atomic E-state index is 0.0196. The second-order valence-corrected chi connectivity index (χ2v) is 4.14. The minimum Gasteiger partial charge on any atom is -0.350 e. The Balaban J connectivity index is 2.52. The second-order valence-electron chi connectivity index (χ2n) is 4.14. The number of pyridine rings is 1. The highest BCUT2D eigenvalue weighted by atomic mass is 16.1. The van der Waals surface area contributed by atoms with E-state index in [0.717, 1.165) is 12.1 Å². The summed E-state index contributed by atoms with van der Waals surface area (Å²) in [6.07, 6.45) is 2.70. The summed E-state index contributed by atoms with van der Waals surface area (Å²) in [4.78, 5) is 16.0. The zero-order valence-electron chi connectivity index (χ0n) is 10.8. The SMILES string of the molecule is CCc1cccnc1CNC(=O)C(C)CNC. The molecule has 0 saturated carbocycles. The number of nitrogens with zero attached hydrogens (tertiary/aromatic N) is 1. The Morgan fingerprint density at radius 1 is 1.53 bits per heavy atom. The lowest BCUT2D eigenvalue weighted by Gasteiger charge is -2.12. The number of hydrogen-bond acceptors (Lipinski definition) is 3. The van der Waals surface area contributed by atoms with Gasteiger partial charge in [0.25, 0.3) is 0 Å². The largest absolute Gasteiger partial charge is 0.350 e. The van der Waals surface area contributed by atoms with Crippen molar-refractivity contribution in [3.8, 4) is 0 Å². The maximum atomic E-state index is 11.7. The molecule has 0 aliphatic rings. The van der Waals surface area contributed by atoms with Crippen LogP contribution in [-0.4, -0.2) is 24.5 Å². The van der Waals surface area contributed by atoms with Crippen LogP contribution in [0.15, 0.2) is 18.3 Å². The highest BCUT2D eigenvalue weighted by Gasteiger charge is 2.11. The molecule has 0 bridgehead atoms. The molecule has 1 heterocycles. The monoisotopic (exact) mass is 235 g/mol. The van der Waals surface area contributed by atoms with Gasteiger partial charge in [-0.2, -0.15) is 0 Å². The lowest BCUT2D eigenvalue weighted by Crippen LogP contribution is -2.34. The first-order chi connectivity index (χ1) is 8.19. The average Bonchev–Trinajstić information content (AvgIpc) is 2.36. The standard InChI is InChI=1S/C13H21N3O/c1-4-11-6-5-7-15-12(11)9-16-13(17)10(2)8-14-3/h5-7,10,14H,4,8-9H2,1-3H3,(H,16,17). The fourth-order valence-corrected chi connectivity index (χ4v) is 1.70. The predicted molar refractivity (Wildman–Crippen MR) is 68.6 cm³/mol. The zero-order chi connectivity index (χ0) is 12.7. The van der Waals surface area contributed by atoms with Crippen molar-refractivity contribution in [2.24, 2.45) is 5.92 Å². The summed E-state index contributed by atoms with van der Waals surface area (Å²) in [7, 11) is 1.84. The van der Waals surface area contributed by atoms with Gasteiger partial charge in [-0.15, -0.1) is 0 Å². The molecule has 0 aliphatic carbocycles. The van der Waals surface area contributed by atoms with Gasteiger partial charge in [-0.3, -0.25) is 9.78 Å². The molecule has 1 aromatic heterocycles. The molecule has 0 radical (unpaired) electrons. The number of hydrogen-bond donors (Lipinski definition) is 2. The van der Waals surface area contributed by atoms with Gasteiger partial charge in [0.1, 0.15) is 0 Å². The Labute approximate surface area is 103 Å². The van der Waals surface area contributed by atoms with Crippen LogP contribution >= 0.6 is 0 Å². The summed E-state index contributed by atoms with van der Waals surface area (Å²) in [6, 6.07) is 3.97. The van der Waals surface area contributed by atoms with E-state index in [1.54, 1.807) is 6.20 Å². The lowest BCUT2D eigenvalue weighted by atomic mass is 10.1. The molecular formula is C13H21N3O. The molecule has 0 spiro atoms. The van der Waals surface area contributed by atoms with Crippen molar-refractivity contribution in [3.05, 3.63) is 29.6 Å². The molecule has 0 aliphatic heterocycles. The van der Waals surface area contributed by atoms with Gasteiger partial charge in [-0.1, -0.05) is 19.9 Å². The molecule has 1 rings (SSSR count). The Bertz CT molecular complexity index is 365. The molecular weight excluding hydrogens is 214 g/mol. The van der Waals surface area contributed by atoms with Gasteiger partial charge in [0.15, 0.2) is 0 Å². The van der Waals surface area contributed by atoms with Gasteiger partial charge >= 0.3 is 0 Å². The first kappa shape index (κ1) is 13.6. The maximum Gasteiger partial charge on any atom is 0.224 e. The van der Waals surface area contributed by atoms with Gasteiger partial charge < -0.3 is 10.6 Å². The van der Waals surface area contributed by atoms with Crippen LogP contribution in [0.2, 0.25) is 0 Å². The van der Waals surface area contributed by atoms with Crippen LogP contribution in [0.4, 0.5) is 0 Å². The van der Waals surface area contributed by atoms with E-state index in [2.05, 4.69) is 22.5 Å². The molecule has 0 saturated heterocycles. The zero-order valence-corrected chi connectivity index (χ0v) is 10.8. The first-order valence-electron chi connectivity index (χ1n) is 6.04. The summed E-state index contributed by atoms with van der Waals surface area (Å²) in [6.45, 7) is 5.20. The Hall–Kier alpha value is -1.42. The van der Waals surface area contributed by atoms with E-state index >= 15 is 0 Å². The van der Waals surface area contributed by atoms with Gasteiger partial charge in [0.05, 0.1) is 12.2 Å². The van der Waals surface area contributed by atoms with Gasteiger partial charge in [0, 0.05) is 18.7 Å². The molecule has 4 heteroatoms. The van der Waals surface area contributed by atoms with E-state index in [1.165, 1.54) is 5.56 Å². The van der Waals surface area contributed by atoms with Crippen molar-refractivity contribution in [1.29, 1.82) is 0 Å². The minimum atomic E-state index is -0.0196. The Morgan fingerprint density at radius 2 is 2.29 bits per heavy atom. The van der Waals surface area contributed by atoms with Gasteiger partial charge in [0.2, 0.25) is 5.91 Å². The summed E-state index contributed by atoms with van der Waals surface area (Å²) >= 11 is 0. The molecule has 1 unspecified atom stereocenters. The van der Waals surface area contributed by atoms with Crippen LogP contribution in [0, 0.1) is 5.92 Å². The fourth-order valence-electron chi connectivity index (χ4n) is 1.70. The molecule has 94 valence electrons. The van der Waals surface area contributed by atoms with Crippen molar-refractivity contribution in [2.75, 3.05) is 13.6 Å². The van der Waals surface area contributed by atoms with E-state index < -0.39 is 0 Å². The number of nitrogens with one attached hydrogen (secondary N) is 2. The van der Waals surface area contributed by atoms with Crippen molar-refractivity contribution < 1.29 is 4.79 Å². The maximum absolute atomic E-state index is 11.7. The molecule has 1 amide bonds. The van der Waals surface area contributed by atoms with E-state index in [-0.39, 0.29) is 11.8 Å².